The maximum Gasteiger partial charge on any atom is 0.273 e. The van der Waals surface area contributed by atoms with Crippen molar-refractivity contribution in [2.24, 2.45) is 0 Å². The summed E-state index contributed by atoms with van der Waals surface area (Å²) in [6.45, 7) is 6.55. The number of nitrogens with one attached hydrogen (secondary N) is 3. The predicted octanol–water partition coefficient (Wildman–Crippen LogP) is 3.92. The van der Waals surface area contributed by atoms with Crippen molar-refractivity contribution in [1.29, 1.82) is 0 Å². The van der Waals surface area contributed by atoms with Crippen molar-refractivity contribution in [3.05, 3.63) is 59.6 Å². The number of aromatic nitrogens is 4. The van der Waals surface area contributed by atoms with Crippen LogP contribution in [-0.4, -0.2) is 50.6 Å². The zero-order chi connectivity index (χ0) is 25.3. The van der Waals surface area contributed by atoms with Gasteiger partial charge in [-0.15, -0.1) is 0 Å². The van der Waals surface area contributed by atoms with E-state index in [4.69, 9.17) is 9.26 Å². The highest BCUT2D eigenvalue weighted by Gasteiger charge is 2.25. The van der Waals surface area contributed by atoms with Gasteiger partial charge >= 0.3 is 0 Å². The Bertz CT molecular complexity index is 1350. The largest absolute Gasteiger partial charge is 0.382 e. The molecule has 0 aliphatic carbocycles. The summed E-state index contributed by atoms with van der Waals surface area (Å²) in [6.07, 6.45) is 3.65. The van der Waals surface area contributed by atoms with Gasteiger partial charge in [0.1, 0.15) is 5.60 Å². The highest BCUT2D eigenvalue weighted by Crippen LogP contribution is 2.33. The van der Waals surface area contributed by atoms with Gasteiger partial charge in [-0.2, -0.15) is 5.10 Å². The molecule has 1 amide bonds. The molecule has 188 valence electrons. The molecule has 1 aromatic carbocycles. The monoisotopic (exact) mass is 490 g/mol. The minimum Gasteiger partial charge on any atom is -0.382 e. The molecular weight excluding hydrogens is 460 g/mol. The summed E-state index contributed by atoms with van der Waals surface area (Å²) >= 11 is 0. The van der Waals surface area contributed by atoms with E-state index in [0.29, 0.717) is 6.04 Å². The lowest BCUT2D eigenvalue weighted by Crippen LogP contribution is -2.28. The van der Waals surface area contributed by atoms with E-state index in [0.717, 1.165) is 59.6 Å². The van der Waals surface area contributed by atoms with Crippen LogP contribution in [0.5, 0.6) is 0 Å². The van der Waals surface area contributed by atoms with Crippen LogP contribution in [0.15, 0.2) is 47.1 Å². The maximum absolute atomic E-state index is 12.6. The van der Waals surface area contributed by atoms with Gasteiger partial charge in [0, 0.05) is 31.5 Å². The Labute approximate surface area is 208 Å². The number of pyridine rings is 1. The second-order valence-electron chi connectivity index (χ2n) is 9.64. The van der Waals surface area contributed by atoms with Gasteiger partial charge in [-0.3, -0.25) is 9.89 Å². The molecule has 0 spiro atoms. The minimum atomic E-state index is -1.21. The second kappa shape index (κ2) is 9.71. The van der Waals surface area contributed by atoms with Crippen molar-refractivity contribution in [1.82, 2.24) is 25.7 Å². The zero-order valence-corrected chi connectivity index (χ0v) is 20.5. The van der Waals surface area contributed by atoms with Crippen LogP contribution in [0.4, 0.5) is 5.82 Å². The Morgan fingerprint density at radius 3 is 2.64 bits per heavy atom. The van der Waals surface area contributed by atoms with E-state index >= 15 is 0 Å². The number of fused-ring (bicyclic) bond motifs is 1. The fraction of sp³-hybridized carbons (Fsp3) is 0.385. The number of H-pyrrole nitrogens is 1. The van der Waals surface area contributed by atoms with Crippen LogP contribution < -0.4 is 10.6 Å². The number of hydrogen-bond acceptors (Lipinski definition) is 8. The van der Waals surface area contributed by atoms with Crippen LogP contribution in [0.1, 0.15) is 61.5 Å². The molecule has 0 radical (unpaired) electrons. The van der Waals surface area contributed by atoms with Gasteiger partial charge in [-0.25, -0.2) is 4.98 Å². The number of aliphatic hydroxyl groups is 1. The fourth-order valence-electron chi connectivity index (χ4n) is 4.31. The Morgan fingerprint density at radius 1 is 1.19 bits per heavy atom. The molecule has 1 aliphatic rings. The zero-order valence-electron chi connectivity index (χ0n) is 20.5. The molecule has 10 heteroatoms. The smallest absolute Gasteiger partial charge is 0.273 e. The van der Waals surface area contributed by atoms with Gasteiger partial charge in [0.2, 0.25) is 0 Å². The van der Waals surface area contributed by atoms with Gasteiger partial charge < -0.3 is 25.0 Å². The first kappa shape index (κ1) is 24.0. The van der Waals surface area contributed by atoms with E-state index in [9.17, 15) is 9.90 Å². The Balaban J connectivity index is 1.33. The number of benzene rings is 1. The molecule has 36 heavy (non-hydrogen) atoms. The third-order valence-corrected chi connectivity index (χ3v) is 6.44. The average Bonchev–Trinajstić information content (AvgIpc) is 3.53. The second-order valence-corrected chi connectivity index (χ2v) is 9.64. The highest BCUT2D eigenvalue weighted by atomic mass is 16.5. The van der Waals surface area contributed by atoms with Crippen molar-refractivity contribution in [3.8, 4) is 11.1 Å². The SMILES string of the molecule is CC(NC(=O)c1cc(C(C)(C)O)on1)c1ccc(-c2ccnc3[nH]nc(NC4CCOCC4)c23)cc1. The molecule has 1 fully saturated rings. The summed E-state index contributed by atoms with van der Waals surface area (Å²) in [5, 5.41) is 28.8. The van der Waals surface area contributed by atoms with E-state index in [2.05, 4.69) is 31.0 Å². The fourth-order valence-corrected chi connectivity index (χ4v) is 4.31. The molecule has 1 saturated heterocycles. The van der Waals surface area contributed by atoms with Crippen LogP contribution in [0.3, 0.4) is 0 Å². The van der Waals surface area contributed by atoms with E-state index in [1.807, 2.05) is 37.3 Å². The van der Waals surface area contributed by atoms with Gasteiger partial charge in [0.25, 0.3) is 5.91 Å². The van der Waals surface area contributed by atoms with Crippen molar-refractivity contribution in [2.75, 3.05) is 18.5 Å². The van der Waals surface area contributed by atoms with Crippen LogP contribution in [0, 0.1) is 0 Å². The van der Waals surface area contributed by atoms with Gasteiger partial charge in [0.15, 0.2) is 22.9 Å². The summed E-state index contributed by atoms with van der Waals surface area (Å²) in [5.41, 5.74) is 2.63. The number of anilines is 1. The topological polar surface area (TPSA) is 138 Å². The predicted molar refractivity (Wildman–Crippen MR) is 134 cm³/mol. The summed E-state index contributed by atoms with van der Waals surface area (Å²) in [5.74, 6) is 0.657. The quantitative estimate of drug-likeness (QED) is 0.306. The van der Waals surface area contributed by atoms with Crippen LogP contribution in [0.2, 0.25) is 0 Å². The number of carbonyl (C=O) groups is 1. The van der Waals surface area contributed by atoms with Crippen molar-refractivity contribution < 1.29 is 19.2 Å². The molecule has 1 atom stereocenters. The minimum absolute atomic E-state index is 0.124. The molecule has 5 rings (SSSR count). The molecule has 4 aromatic rings. The number of nitrogens with zero attached hydrogens (tertiary/aromatic N) is 3. The van der Waals surface area contributed by atoms with Gasteiger partial charge in [-0.1, -0.05) is 29.4 Å². The van der Waals surface area contributed by atoms with E-state index in [-0.39, 0.29) is 23.4 Å². The molecule has 0 bridgehead atoms. The number of hydrogen-bond donors (Lipinski definition) is 4. The molecule has 1 unspecified atom stereocenters. The Morgan fingerprint density at radius 2 is 1.94 bits per heavy atom. The number of aromatic amines is 1. The summed E-state index contributed by atoms with van der Waals surface area (Å²) in [4.78, 5) is 17.1. The first-order valence-electron chi connectivity index (χ1n) is 12.1. The number of amides is 1. The average molecular weight is 491 g/mol. The lowest BCUT2D eigenvalue weighted by atomic mass is 9.99. The number of rotatable bonds is 7. The normalized spacial score (nSPS) is 15.7. The Hall–Kier alpha value is -3.76. The summed E-state index contributed by atoms with van der Waals surface area (Å²) in [7, 11) is 0. The highest BCUT2D eigenvalue weighted by molar-refractivity contribution is 6.00. The van der Waals surface area contributed by atoms with Gasteiger partial charge in [-0.05, 0) is 56.4 Å². The molecule has 10 nitrogen and oxygen atoms in total. The Kier molecular flexibility index (Phi) is 6.46. The third-order valence-electron chi connectivity index (χ3n) is 6.44. The summed E-state index contributed by atoms with van der Waals surface area (Å²) < 4.78 is 10.6. The molecule has 1 aliphatic heterocycles. The van der Waals surface area contributed by atoms with Gasteiger partial charge in [0.05, 0.1) is 11.4 Å². The van der Waals surface area contributed by atoms with Crippen LogP contribution >= 0.6 is 0 Å². The standard InChI is InChI=1S/C26H30N6O4/c1-15(28-25(33)20-14-21(36-32-20)26(2,3)34)16-4-6-17(7-5-16)19-8-11-27-23-22(19)24(31-30-23)29-18-9-12-35-13-10-18/h4-8,11,14-15,18,34H,9-10,12-13H2,1-3H3,(H,28,33)(H2,27,29,30,31). The molecular formula is C26H30N6O4. The molecule has 0 saturated carbocycles. The van der Waals surface area contributed by atoms with Crippen molar-refractivity contribution >= 4 is 22.8 Å². The number of ether oxygens (including phenoxy) is 1. The van der Waals surface area contributed by atoms with E-state index < -0.39 is 5.60 Å². The molecule has 4 N–H and O–H groups in total. The van der Waals surface area contributed by atoms with Crippen molar-refractivity contribution in [2.45, 2.75) is 51.3 Å². The molecule has 3 aromatic heterocycles. The maximum atomic E-state index is 12.6. The first-order chi connectivity index (χ1) is 17.3. The summed E-state index contributed by atoms with van der Waals surface area (Å²) in [6, 6.07) is 11.5. The van der Waals surface area contributed by atoms with Crippen LogP contribution in [-0.2, 0) is 10.3 Å². The van der Waals surface area contributed by atoms with Crippen molar-refractivity contribution in [3.63, 3.8) is 0 Å². The molecule has 4 heterocycles. The van der Waals surface area contributed by atoms with Crippen LogP contribution in [0.25, 0.3) is 22.2 Å². The lowest BCUT2D eigenvalue weighted by Gasteiger charge is -2.23. The lowest BCUT2D eigenvalue weighted by molar-refractivity contribution is 0.0474. The number of carbonyl (C=O) groups excluding carboxylic acids is 1. The van der Waals surface area contributed by atoms with E-state index in [1.54, 1.807) is 20.0 Å². The van der Waals surface area contributed by atoms with E-state index in [1.165, 1.54) is 6.07 Å². The third kappa shape index (κ3) is 4.95. The first-order valence-corrected chi connectivity index (χ1v) is 12.1.